The lowest BCUT2D eigenvalue weighted by Gasteiger charge is -2.41. The van der Waals surface area contributed by atoms with Crippen LogP contribution in [0.2, 0.25) is 0 Å². The van der Waals surface area contributed by atoms with Gasteiger partial charge in [0.1, 0.15) is 0 Å². The van der Waals surface area contributed by atoms with Crippen molar-refractivity contribution in [3.8, 4) is 0 Å². The Hall–Kier alpha value is -0.0800. The van der Waals surface area contributed by atoms with Crippen molar-refractivity contribution in [1.82, 2.24) is 0 Å². The lowest BCUT2D eigenvalue weighted by atomic mass is 9.67. The zero-order valence-corrected chi connectivity index (χ0v) is 7.71. The highest BCUT2D eigenvalue weighted by Gasteiger charge is 2.33. The molecule has 2 aliphatic rings. The van der Waals surface area contributed by atoms with Gasteiger partial charge in [-0.3, -0.25) is 0 Å². The van der Waals surface area contributed by atoms with Gasteiger partial charge in [-0.2, -0.15) is 0 Å². The van der Waals surface area contributed by atoms with Crippen molar-refractivity contribution >= 4 is 0 Å². The topological polar surface area (TPSA) is 52.0 Å². The summed E-state index contributed by atoms with van der Waals surface area (Å²) in [7, 11) is 0. The zero-order chi connectivity index (χ0) is 8.55. The Kier molecular flexibility index (Phi) is 2.37. The highest BCUT2D eigenvalue weighted by atomic mass is 14.7. The maximum absolute atomic E-state index is 5.98. The summed E-state index contributed by atoms with van der Waals surface area (Å²) in [6.45, 7) is 0.891. The highest BCUT2D eigenvalue weighted by molar-refractivity contribution is 4.88. The van der Waals surface area contributed by atoms with E-state index in [1.54, 1.807) is 0 Å². The number of nitrogens with two attached hydrogens (primary N) is 2. The second-order valence-corrected chi connectivity index (χ2v) is 4.77. The third-order valence-corrected chi connectivity index (χ3v) is 3.61. The minimum absolute atomic E-state index is 0.493. The summed E-state index contributed by atoms with van der Waals surface area (Å²) in [6.07, 6.45) is 6.64. The Morgan fingerprint density at radius 2 is 1.50 bits per heavy atom. The molecule has 0 radical (unpaired) electrons. The molecule has 0 heterocycles. The lowest BCUT2D eigenvalue weighted by Crippen LogP contribution is -2.39. The average Bonchev–Trinajstić information content (AvgIpc) is 2.02. The normalized spacial score (nSPS) is 47.5. The summed E-state index contributed by atoms with van der Waals surface area (Å²) in [5.74, 6) is 2.61. The molecule has 2 nitrogen and oxygen atoms in total. The number of fused-ring (bicyclic) bond motifs is 2. The van der Waals surface area contributed by atoms with Crippen molar-refractivity contribution in [2.45, 2.75) is 38.1 Å². The Morgan fingerprint density at radius 3 is 2.00 bits per heavy atom. The standard InChI is InChI=1S/C10H20N2/c11-6-9-2-7-1-8(3-9)5-10(12)4-7/h7-10H,1-6,11-12H2/t7-,8-,9?,10?/m1/s1. The van der Waals surface area contributed by atoms with Gasteiger partial charge in [-0.15, -0.1) is 0 Å². The van der Waals surface area contributed by atoms with Crippen LogP contribution in [0.15, 0.2) is 0 Å². The first-order valence-electron chi connectivity index (χ1n) is 5.23. The summed E-state index contributed by atoms with van der Waals surface area (Å²) in [5.41, 5.74) is 11.7. The predicted octanol–water partition coefficient (Wildman–Crippen LogP) is 1.10. The number of hydrogen-bond donors (Lipinski definition) is 2. The van der Waals surface area contributed by atoms with Crippen molar-refractivity contribution < 1.29 is 0 Å². The highest BCUT2D eigenvalue weighted by Crippen LogP contribution is 2.41. The molecular formula is C10H20N2. The van der Waals surface area contributed by atoms with Crippen molar-refractivity contribution in [2.24, 2.45) is 29.2 Å². The maximum Gasteiger partial charge on any atom is 0.00441 e. The molecule has 2 heteroatoms. The van der Waals surface area contributed by atoms with Gasteiger partial charge in [-0.1, -0.05) is 0 Å². The Balaban J connectivity index is 1.96. The SMILES string of the molecule is NCC1C[C@@H]2CC(N)C[C@@H](C1)C2. The van der Waals surface area contributed by atoms with Gasteiger partial charge < -0.3 is 11.5 Å². The third kappa shape index (κ3) is 1.64. The molecule has 0 spiro atoms. The van der Waals surface area contributed by atoms with Gasteiger partial charge in [0.25, 0.3) is 0 Å². The van der Waals surface area contributed by atoms with Crippen molar-refractivity contribution in [3.05, 3.63) is 0 Å². The van der Waals surface area contributed by atoms with Gasteiger partial charge in [0, 0.05) is 6.04 Å². The van der Waals surface area contributed by atoms with Crippen LogP contribution in [-0.2, 0) is 0 Å². The first-order valence-corrected chi connectivity index (χ1v) is 5.23. The summed E-state index contributed by atoms with van der Waals surface area (Å²) in [5, 5.41) is 0. The molecule has 0 unspecified atom stereocenters. The van der Waals surface area contributed by atoms with Crippen LogP contribution < -0.4 is 11.5 Å². The molecule has 12 heavy (non-hydrogen) atoms. The molecule has 0 aromatic heterocycles. The summed E-state index contributed by atoms with van der Waals surface area (Å²) in [4.78, 5) is 0. The van der Waals surface area contributed by atoms with E-state index in [2.05, 4.69) is 0 Å². The van der Waals surface area contributed by atoms with E-state index in [1.165, 1.54) is 32.1 Å². The predicted molar refractivity (Wildman–Crippen MR) is 50.6 cm³/mol. The molecule has 0 amide bonds. The lowest BCUT2D eigenvalue weighted by molar-refractivity contribution is 0.127. The molecule has 0 saturated heterocycles. The van der Waals surface area contributed by atoms with E-state index >= 15 is 0 Å². The van der Waals surface area contributed by atoms with E-state index in [1.807, 2.05) is 0 Å². The molecule has 0 aliphatic heterocycles. The van der Waals surface area contributed by atoms with Crippen LogP contribution in [0.3, 0.4) is 0 Å². The van der Waals surface area contributed by atoms with Crippen LogP contribution in [0.5, 0.6) is 0 Å². The Bertz CT molecular complexity index is 140. The van der Waals surface area contributed by atoms with Crippen molar-refractivity contribution in [2.75, 3.05) is 6.54 Å². The van der Waals surface area contributed by atoms with Crippen LogP contribution in [0.25, 0.3) is 0 Å². The average molecular weight is 168 g/mol. The van der Waals surface area contributed by atoms with Crippen molar-refractivity contribution in [1.29, 1.82) is 0 Å². The largest absolute Gasteiger partial charge is 0.330 e. The van der Waals surface area contributed by atoms with E-state index in [0.717, 1.165) is 24.3 Å². The Morgan fingerprint density at radius 1 is 0.917 bits per heavy atom. The molecular weight excluding hydrogens is 148 g/mol. The van der Waals surface area contributed by atoms with E-state index in [4.69, 9.17) is 11.5 Å². The Labute approximate surface area is 74.7 Å². The monoisotopic (exact) mass is 168 g/mol. The smallest absolute Gasteiger partial charge is 0.00441 e. The molecule has 2 rings (SSSR count). The fourth-order valence-corrected chi connectivity index (χ4v) is 3.23. The minimum atomic E-state index is 0.493. The third-order valence-electron chi connectivity index (χ3n) is 3.61. The van der Waals surface area contributed by atoms with Gasteiger partial charge in [0.05, 0.1) is 0 Å². The molecule has 70 valence electrons. The van der Waals surface area contributed by atoms with Gasteiger partial charge in [-0.25, -0.2) is 0 Å². The molecule has 4 N–H and O–H groups in total. The molecule has 2 saturated carbocycles. The molecule has 0 aromatic carbocycles. The quantitative estimate of drug-likeness (QED) is 0.616. The molecule has 2 atom stereocenters. The summed E-state index contributed by atoms with van der Waals surface area (Å²) >= 11 is 0. The fraction of sp³-hybridized carbons (Fsp3) is 1.00. The van der Waals surface area contributed by atoms with Gasteiger partial charge in [0.15, 0.2) is 0 Å². The molecule has 2 aliphatic carbocycles. The van der Waals surface area contributed by atoms with Crippen LogP contribution in [0, 0.1) is 17.8 Å². The molecule has 2 bridgehead atoms. The van der Waals surface area contributed by atoms with Gasteiger partial charge in [0.2, 0.25) is 0 Å². The van der Waals surface area contributed by atoms with Crippen LogP contribution >= 0.6 is 0 Å². The second kappa shape index (κ2) is 3.35. The van der Waals surface area contributed by atoms with E-state index in [-0.39, 0.29) is 0 Å². The van der Waals surface area contributed by atoms with Crippen molar-refractivity contribution in [3.63, 3.8) is 0 Å². The molecule has 2 fully saturated rings. The first kappa shape index (κ1) is 8.52. The maximum atomic E-state index is 5.98. The number of hydrogen-bond acceptors (Lipinski definition) is 2. The van der Waals surface area contributed by atoms with E-state index in [9.17, 15) is 0 Å². The van der Waals surface area contributed by atoms with Crippen LogP contribution in [0.4, 0.5) is 0 Å². The van der Waals surface area contributed by atoms with Crippen LogP contribution in [0.1, 0.15) is 32.1 Å². The number of rotatable bonds is 1. The second-order valence-electron chi connectivity index (χ2n) is 4.77. The minimum Gasteiger partial charge on any atom is -0.330 e. The zero-order valence-electron chi connectivity index (χ0n) is 7.71. The first-order chi connectivity index (χ1) is 5.78. The van der Waals surface area contributed by atoms with E-state index < -0.39 is 0 Å². The van der Waals surface area contributed by atoms with Crippen LogP contribution in [-0.4, -0.2) is 12.6 Å². The summed E-state index contributed by atoms with van der Waals surface area (Å²) in [6, 6.07) is 0.493. The fourth-order valence-electron chi connectivity index (χ4n) is 3.23. The summed E-state index contributed by atoms with van der Waals surface area (Å²) < 4.78 is 0. The van der Waals surface area contributed by atoms with Gasteiger partial charge >= 0.3 is 0 Å². The van der Waals surface area contributed by atoms with Gasteiger partial charge in [-0.05, 0) is 56.4 Å². The molecule has 0 aromatic rings. The van der Waals surface area contributed by atoms with E-state index in [0.29, 0.717) is 6.04 Å².